The molecule has 0 fully saturated rings. The molecule has 1 unspecified atom stereocenters. The molecule has 0 aliphatic carbocycles. The fourth-order valence-electron chi connectivity index (χ4n) is 7.67. The van der Waals surface area contributed by atoms with Crippen molar-refractivity contribution in [2.24, 2.45) is 0 Å². The van der Waals surface area contributed by atoms with Gasteiger partial charge in [-0.1, -0.05) is 271 Å². The largest absolute Gasteiger partial charge is 0.330 e. The molecule has 0 N–H and O–H groups in total. The fourth-order valence-corrected chi connectivity index (χ4v) is 9.43. The predicted molar refractivity (Wildman–Crippen MR) is 235 cm³/mol. The topological polar surface area (TPSA) is 35.5 Å². The zero-order valence-electron chi connectivity index (χ0n) is 36.5. The van der Waals surface area contributed by atoms with Crippen LogP contribution in [0.4, 0.5) is 0 Å². The highest BCUT2D eigenvalue weighted by molar-refractivity contribution is 7.53. The SMILES string of the molecule is CCCCCCCCCCCCCCCCCCOP(=O)(CCCCCCCCCCCCCCCCCC)OCCCCCCCCCCCC. The van der Waals surface area contributed by atoms with E-state index in [0.29, 0.717) is 19.4 Å². The molecule has 314 valence electrons. The summed E-state index contributed by atoms with van der Waals surface area (Å²) < 4.78 is 25.9. The first kappa shape index (κ1) is 52.2. The molecule has 4 heteroatoms. The molecular formula is C48H99O3P. The Hall–Kier alpha value is 0.150. The Morgan fingerprint density at radius 3 is 0.635 bits per heavy atom. The molecule has 0 rings (SSSR count). The van der Waals surface area contributed by atoms with E-state index in [-0.39, 0.29) is 0 Å². The van der Waals surface area contributed by atoms with Crippen LogP contribution in [0.2, 0.25) is 0 Å². The van der Waals surface area contributed by atoms with E-state index in [1.54, 1.807) is 0 Å². The maximum atomic E-state index is 13.7. The van der Waals surface area contributed by atoms with Crippen molar-refractivity contribution in [3.05, 3.63) is 0 Å². The first-order valence-electron chi connectivity index (χ1n) is 24.6. The number of rotatable bonds is 47. The van der Waals surface area contributed by atoms with Gasteiger partial charge in [0.2, 0.25) is 0 Å². The number of unbranched alkanes of at least 4 members (excludes halogenated alkanes) is 39. The molecule has 1 atom stereocenters. The quantitative estimate of drug-likeness (QED) is 0.0458. The minimum Gasteiger partial charge on any atom is -0.309 e. The van der Waals surface area contributed by atoms with E-state index in [2.05, 4.69) is 20.8 Å². The third-order valence-electron chi connectivity index (χ3n) is 11.4. The Morgan fingerprint density at radius 1 is 0.250 bits per heavy atom. The Balaban J connectivity index is 4.03. The van der Waals surface area contributed by atoms with Gasteiger partial charge in [-0.3, -0.25) is 4.57 Å². The van der Waals surface area contributed by atoms with Gasteiger partial charge in [-0.2, -0.15) is 0 Å². The normalized spacial score (nSPS) is 12.9. The van der Waals surface area contributed by atoms with Crippen LogP contribution in [0.5, 0.6) is 0 Å². The molecule has 0 aromatic heterocycles. The molecule has 0 heterocycles. The maximum absolute atomic E-state index is 13.7. The van der Waals surface area contributed by atoms with Crippen molar-refractivity contribution in [3.63, 3.8) is 0 Å². The van der Waals surface area contributed by atoms with E-state index in [9.17, 15) is 4.57 Å². The van der Waals surface area contributed by atoms with E-state index in [4.69, 9.17) is 9.05 Å². The van der Waals surface area contributed by atoms with Gasteiger partial charge in [-0.05, 0) is 19.3 Å². The monoisotopic (exact) mass is 755 g/mol. The average molecular weight is 755 g/mol. The zero-order chi connectivity index (χ0) is 37.7. The number of hydrogen-bond donors (Lipinski definition) is 0. The Kier molecular flexibility index (Phi) is 45.7. The van der Waals surface area contributed by atoms with Crippen LogP contribution >= 0.6 is 7.60 Å². The van der Waals surface area contributed by atoms with Crippen LogP contribution in [0, 0.1) is 0 Å². The zero-order valence-corrected chi connectivity index (χ0v) is 37.4. The molecule has 0 bridgehead atoms. The second-order valence-electron chi connectivity index (χ2n) is 16.8. The maximum Gasteiger partial charge on any atom is 0.330 e. The van der Waals surface area contributed by atoms with Gasteiger partial charge in [-0.15, -0.1) is 0 Å². The van der Waals surface area contributed by atoms with Gasteiger partial charge in [0.05, 0.1) is 19.4 Å². The van der Waals surface area contributed by atoms with Crippen molar-refractivity contribution < 1.29 is 13.6 Å². The van der Waals surface area contributed by atoms with Crippen molar-refractivity contribution in [1.82, 2.24) is 0 Å². The summed E-state index contributed by atoms with van der Waals surface area (Å²) in [6.45, 7) is 8.09. The Labute approximate surface area is 330 Å². The molecule has 0 aliphatic heterocycles. The highest BCUT2D eigenvalue weighted by atomic mass is 31.2. The summed E-state index contributed by atoms with van der Waals surface area (Å²) >= 11 is 0. The molecule has 0 radical (unpaired) electrons. The van der Waals surface area contributed by atoms with Gasteiger partial charge in [0, 0.05) is 0 Å². The van der Waals surface area contributed by atoms with Gasteiger partial charge in [0.1, 0.15) is 0 Å². The summed E-state index contributed by atoms with van der Waals surface area (Å²) in [5, 5.41) is 0. The van der Waals surface area contributed by atoms with Crippen LogP contribution in [-0.2, 0) is 13.6 Å². The number of hydrogen-bond acceptors (Lipinski definition) is 3. The van der Waals surface area contributed by atoms with E-state index in [1.165, 1.54) is 244 Å². The van der Waals surface area contributed by atoms with E-state index >= 15 is 0 Å². The molecule has 52 heavy (non-hydrogen) atoms. The van der Waals surface area contributed by atoms with E-state index in [0.717, 1.165) is 25.7 Å². The van der Waals surface area contributed by atoms with Crippen LogP contribution in [0.1, 0.15) is 290 Å². The Bertz CT molecular complexity index is 683. The first-order valence-corrected chi connectivity index (χ1v) is 26.3. The second-order valence-corrected chi connectivity index (χ2v) is 19.0. The lowest BCUT2D eigenvalue weighted by molar-refractivity contribution is 0.197. The van der Waals surface area contributed by atoms with E-state index < -0.39 is 7.60 Å². The van der Waals surface area contributed by atoms with Crippen molar-refractivity contribution >= 4 is 7.60 Å². The lowest BCUT2D eigenvalue weighted by atomic mass is 10.0. The van der Waals surface area contributed by atoms with Gasteiger partial charge in [-0.25, -0.2) is 0 Å². The minimum absolute atomic E-state index is 0.603. The van der Waals surface area contributed by atoms with Gasteiger partial charge in [0.15, 0.2) is 0 Å². The average Bonchev–Trinajstić information content (AvgIpc) is 3.15. The van der Waals surface area contributed by atoms with Gasteiger partial charge in [0.25, 0.3) is 0 Å². The van der Waals surface area contributed by atoms with Gasteiger partial charge < -0.3 is 9.05 Å². The molecule has 0 saturated carbocycles. The van der Waals surface area contributed by atoms with Gasteiger partial charge >= 0.3 is 7.60 Å². The van der Waals surface area contributed by atoms with Crippen LogP contribution in [0.3, 0.4) is 0 Å². The van der Waals surface area contributed by atoms with Crippen molar-refractivity contribution in [1.29, 1.82) is 0 Å². The highest BCUT2D eigenvalue weighted by Gasteiger charge is 2.23. The molecule has 3 nitrogen and oxygen atoms in total. The summed E-state index contributed by atoms with van der Waals surface area (Å²) in [6, 6.07) is 0. The first-order chi connectivity index (χ1) is 25.7. The lowest BCUT2D eigenvalue weighted by Gasteiger charge is -2.19. The Morgan fingerprint density at radius 2 is 0.423 bits per heavy atom. The molecule has 0 aliphatic rings. The standard InChI is InChI=1S/C48H99O3P/c1-4-7-10-13-16-19-22-24-26-28-30-32-35-38-41-44-47-51-52(49,50-46-43-40-37-34-21-18-15-12-9-6-3)48-45-42-39-36-33-31-29-27-25-23-20-17-14-11-8-5-2/h4-48H2,1-3H3. The lowest BCUT2D eigenvalue weighted by Crippen LogP contribution is -2.04. The van der Waals surface area contributed by atoms with Crippen LogP contribution < -0.4 is 0 Å². The minimum atomic E-state index is -2.97. The van der Waals surface area contributed by atoms with Crippen LogP contribution in [0.15, 0.2) is 0 Å². The summed E-state index contributed by atoms with van der Waals surface area (Å²) in [7, 11) is -2.97. The molecule has 0 amide bonds. The third-order valence-corrected chi connectivity index (χ3v) is 13.4. The van der Waals surface area contributed by atoms with E-state index in [1.807, 2.05) is 0 Å². The third kappa shape index (κ3) is 42.9. The van der Waals surface area contributed by atoms with Crippen LogP contribution in [0.25, 0.3) is 0 Å². The van der Waals surface area contributed by atoms with Crippen molar-refractivity contribution in [2.45, 2.75) is 290 Å². The molecule has 0 aromatic rings. The summed E-state index contributed by atoms with van der Waals surface area (Å²) in [6.07, 6.45) is 57.3. The summed E-state index contributed by atoms with van der Waals surface area (Å²) in [5.41, 5.74) is 0. The molecule has 0 saturated heterocycles. The van der Waals surface area contributed by atoms with Crippen molar-refractivity contribution in [3.8, 4) is 0 Å². The smallest absolute Gasteiger partial charge is 0.309 e. The summed E-state index contributed by atoms with van der Waals surface area (Å²) in [5.74, 6) is 0. The molecule has 0 aromatic carbocycles. The second kappa shape index (κ2) is 45.5. The molecule has 0 spiro atoms. The highest BCUT2D eigenvalue weighted by Crippen LogP contribution is 2.49. The molecular weight excluding hydrogens is 655 g/mol. The predicted octanol–water partition coefficient (Wildman–Crippen LogP) is 18.7. The summed E-state index contributed by atoms with van der Waals surface area (Å²) in [4.78, 5) is 0. The fraction of sp³-hybridized carbons (Fsp3) is 1.00. The van der Waals surface area contributed by atoms with Crippen molar-refractivity contribution in [2.75, 3.05) is 19.4 Å². The van der Waals surface area contributed by atoms with Crippen LogP contribution in [-0.4, -0.2) is 19.4 Å².